The van der Waals surface area contributed by atoms with Crippen molar-refractivity contribution in [3.05, 3.63) is 41.6 Å². The Kier molecular flexibility index (Phi) is 1.98. The molecular formula is C13H14N4. The quantitative estimate of drug-likeness (QED) is 0.584. The van der Waals surface area contributed by atoms with Crippen LogP contribution in [0.3, 0.4) is 0 Å². The summed E-state index contributed by atoms with van der Waals surface area (Å²) in [6.45, 7) is 0. The third-order valence-electron chi connectivity index (χ3n) is 3.10. The first-order valence-corrected chi connectivity index (χ1v) is 5.51. The number of para-hydroxylation sites is 1. The van der Waals surface area contributed by atoms with Gasteiger partial charge in [0.15, 0.2) is 0 Å². The average molecular weight is 226 g/mol. The van der Waals surface area contributed by atoms with Gasteiger partial charge in [-0.25, -0.2) is 4.98 Å². The Morgan fingerprint density at radius 2 is 1.94 bits per heavy atom. The van der Waals surface area contributed by atoms with Gasteiger partial charge in [-0.15, -0.1) is 0 Å². The monoisotopic (exact) mass is 226 g/mol. The maximum absolute atomic E-state index is 6.18. The molecule has 0 amide bonds. The van der Waals surface area contributed by atoms with Crippen molar-refractivity contribution in [3.63, 3.8) is 0 Å². The fraction of sp³-hybridized carbons (Fsp3) is 0.154. The highest BCUT2D eigenvalue weighted by Crippen LogP contribution is 2.31. The number of nitrogens with zero attached hydrogens (tertiary/aromatic N) is 1. The molecule has 4 nitrogen and oxygen atoms in total. The number of aromatic nitrogens is 1. The fourth-order valence-electron chi connectivity index (χ4n) is 2.22. The van der Waals surface area contributed by atoms with Gasteiger partial charge < -0.3 is 17.2 Å². The highest BCUT2D eigenvalue weighted by atomic mass is 14.9. The van der Waals surface area contributed by atoms with Crippen LogP contribution >= 0.6 is 0 Å². The van der Waals surface area contributed by atoms with Gasteiger partial charge in [0.2, 0.25) is 0 Å². The Morgan fingerprint density at radius 1 is 1.18 bits per heavy atom. The van der Waals surface area contributed by atoms with E-state index < -0.39 is 5.66 Å². The van der Waals surface area contributed by atoms with Crippen molar-refractivity contribution >= 4 is 22.7 Å². The highest BCUT2D eigenvalue weighted by molar-refractivity contribution is 5.93. The number of hydrogen-bond acceptors (Lipinski definition) is 4. The van der Waals surface area contributed by atoms with Crippen LogP contribution in [0, 0.1) is 0 Å². The second-order valence-corrected chi connectivity index (χ2v) is 4.53. The lowest BCUT2D eigenvalue weighted by Crippen LogP contribution is -2.50. The van der Waals surface area contributed by atoms with Crippen molar-refractivity contribution in [1.29, 1.82) is 0 Å². The molecule has 0 radical (unpaired) electrons. The van der Waals surface area contributed by atoms with E-state index in [1.807, 2.05) is 30.3 Å². The molecule has 0 unspecified atom stereocenters. The van der Waals surface area contributed by atoms with Gasteiger partial charge in [-0.2, -0.15) is 0 Å². The van der Waals surface area contributed by atoms with E-state index in [0.29, 0.717) is 6.42 Å². The molecule has 17 heavy (non-hydrogen) atoms. The molecule has 0 bridgehead atoms. The molecule has 86 valence electrons. The van der Waals surface area contributed by atoms with Crippen molar-refractivity contribution in [2.24, 2.45) is 11.5 Å². The third-order valence-corrected chi connectivity index (χ3v) is 3.10. The molecule has 0 aliphatic heterocycles. The average Bonchev–Trinajstić information content (AvgIpc) is 2.30. The van der Waals surface area contributed by atoms with E-state index in [9.17, 15) is 0 Å². The molecule has 1 aliphatic rings. The van der Waals surface area contributed by atoms with Crippen LogP contribution in [-0.2, 0) is 6.42 Å². The largest absolute Gasteiger partial charge is 0.398 e. The Bertz CT molecular complexity index is 629. The van der Waals surface area contributed by atoms with Crippen molar-refractivity contribution < 1.29 is 0 Å². The third kappa shape index (κ3) is 1.58. The molecule has 0 atom stereocenters. The van der Waals surface area contributed by atoms with E-state index in [1.54, 1.807) is 6.08 Å². The number of nitrogens with two attached hydrogens (primary N) is 3. The molecule has 0 saturated carbocycles. The Labute approximate surface area is 99.1 Å². The molecule has 2 aromatic rings. The molecule has 3 rings (SSSR count). The first-order valence-electron chi connectivity index (χ1n) is 5.51. The van der Waals surface area contributed by atoms with Crippen LogP contribution in [0.4, 0.5) is 5.69 Å². The van der Waals surface area contributed by atoms with Gasteiger partial charge in [-0.3, -0.25) is 0 Å². The molecule has 0 fully saturated rings. The predicted molar refractivity (Wildman–Crippen MR) is 70.0 cm³/mol. The minimum Gasteiger partial charge on any atom is -0.398 e. The van der Waals surface area contributed by atoms with Crippen molar-refractivity contribution in [2.45, 2.75) is 12.1 Å². The van der Waals surface area contributed by atoms with E-state index in [1.165, 1.54) is 0 Å². The summed E-state index contributed by atoms with van der Waals surface area (Å²) in [7, 11) is 0. The maximum atomic E-state index is 6.18. The van der Waals surface area contributed by atoms with Gasteiger partial charge in [0.1, 0.15) is 0 Å². The van der Waals surface area contributed by atoms with Gasteiger partial charge in [-0.05, 0) is 18.2 Å². The summed E-state index contributed by atoms with van der Waals surface area (Å²) in [6.07, 6.45) is 4.14. The van der Waals surface area contributed by atoms with E-state index >= 15 is 0 Å². The number of nitrogen functional groups attached to an aromatic ring is 1. The minimum atomic E-state index is -0.828. The summed E-state index contributed by atoms with van der Waals surface area (Å²) in [5.74, 6) is 0. The lowest BCUT2D eigenvalue weighted by molar-refractivity contribution is 0.546. The summed E-state index contributed by atoms with van der Waals surface area (Å²) in [6, 6.07) is 7.81. The van der Waals surface area contributed by atoms with E-state index in [-0.39, 0.29) is 0 Å². The Balaban J connectivity index is 2.33. The maximum Gasteiger partial charge on any atom is 0.0875 e. The topological polar surface area (TPSA) is 90.9 Å². The number of fused-ring (bicyclic) bond motifs is 2. The second kappa shape index (κ2) is 3.29. The van der Waals surface area contributed by atoms with Crippen LogP contribution in [0.15, 0.2) is 30.3 Å². The summed E-state index contributed by atoms with van der Waals surface area (Å²) >= 11 is 0. The second-order valence-electron chi connectivity index (χ2n) is 4.53. The number of pyridine rings is 1. The molecule has 1 aromatic carbocycles. The number of anilines is 1. The number of rotatable bonds is 0. The Morgan fingerprint density at radius 3 is 2.76 bits per heavy atom. The summed E-state index contributed by atoms with van der Waals surface area (Å²) < 4.78 is 0. The van der Waals surface area contributed by atoms with E-state index in [2.05, 4.69) is 4.98 Å². The normalized spacial score (nSPS) is 17.1. The SMILES string of the molecule is Nc1c2c(nc3ccccc13)C=CC(N)(N)C2. The molecule has 4 heteroatoms. The highest BCUT2D eigenvalue weighted by Gasteiger charge is 2.25. The van der Waals surface area contributed by atoms with Gasteiger partial charge in [0.05, 0.1) is 16.9 Å². The Hall–Kier alpha value is -1.91. The molecule has 1 heterocycles. The zero-order chi connectivity index (χ0) is 12.0. The van der Waals surface area contributed by atoms with Crippen LogP contribution in [-0.4, -0.2) is 10.6 Å². The van der Waals surface area contributed by atoms with Gasteiger partial charge in [0.25, 0.3) is 0 Å². The zero-order valence-corrected chi connectivity index (χ0v) is 9.35. The van der Waals surface area contributed by atoms with Crippen LogP contribution in [0.2, 0.25) is 0 Å². The van der Waals surface area contributed by atoms with Crippen molar-refractivity contribution in [3.8, 4) is 0 Å². The van der Waals surface area contributed by atoms with Crippen LogP contribution in [0.5, 0.6) is 0 Å². The fourth-order valence-corrected chi connectivity index (χ4v) is 2.22. The summed E-state index contributed by atoms with van der Waals surface area (Å²) in [5, 5.41) is 0.956. The molecule has 6 N–H and O–H groups in total. The van der Waals surface area contributed by atoms with Crippen LogP contribution in [0.25, 0.3) is 17.0 Å². The van der Waals surface area contributed by atoms with Crippen molar-refractivity contribution in [2.75, 3.05) is 5.73 Å². The minimum absolute atomic E-state index is 0.516. The summed E-state index contributed by atoms with van der Waals surface area (Å²) in [4.78, 5) is 4.56. The van der Waals surface area contributed by atoms with E-state index in [4.69, 9.17) is 17.2 Å². The lowest BCUT2D eigenvalue weighted by Gasteiger charge is -2.26. The number of benzene rings is 1. The van der Waals surface area contributed by atoms with E-state index in [0.717, 1.165) is 27.8 Å². The van der Waals surface area contributed by atoms with Crippen molar-refractivity contribution in [1.82, 2.24) is 4.98 Å². The number of hydrogen-bond donors (Lipinski definition) is 3. The smallest absolute Gasteiger partial charge is 0.0875 e. The van der Waals surface area contributed by atoms with Gasteiger partial charge >= 0.3 is 0 Å². The molecular weight excluding hydrogens is 212 g/mol. The van der Waals surface area contributed by atoms with Crippen LogP contribution < -0.4 is 17.2 Å². The first-order chi connectivity index (χ1) is 8.07. The van der Waals surface area contributed by atoms with Gasteiger partial charge in [0, 0.05) is 23.1 Å². The molecule has 1 aromatic heterocycles. The lowest BCUT2D eigenvalue weighted by atomic mass is 9.91. The summed E-state index contributed by atoms with van der Waals surface area (Å²) in [5.41, 5.74) is 20.6. The molecule has 0 spiro atoms. The predicted octanol–water partition coefficient (Wildman–Crippen LogP) is 1.000. The van der Waals surface area contributed by atoms with Crippen LogP contribution in [0.1, 0.15) is 11.3 Å². The first kappa shape index (κ1) is 10.3. The van der Waals surface area contributed by atoms with Gasteiger partial charge in [-0.1, -0.05) is 18.2 Å². The zero-order valence-electron chi connectivity index (χ0n) is 9.35. The molecule has 1 aliphatic carbocycles. The standard InChI is InChI=1S/C13H14N4/c14-12-8-3-1-2-4-10(8)17-11-5-6-13(15,16)7-9(11)12/h1-6H,7,15-16H2,(H2,14,17). The molecule has 0 saturated heterocycles.